The van der Waals surface area contributed by atoms with E-state index in [1.54, 1.807) is 43.3 Å². The molecule has 186 valence electrons. The van der Waals surface area contributed by atoms with Crippen LogP contribution >= 0.6 is 0 Å². The summed E-state index contributed by atoms with van der Waals surface area (Å²) in [5, 5.41) is 16.0. The molecule has 0 radical (unpaired) electrons. The fourth-order valence-corrected chi connectivity index (χ4v) is 4.15. The summed E-state index contributed by atoms with van der Waals surface area (Å²) >= 11 is 0. The first-order chi connectivity index (χ1) is 16.5. The number of carbonyl (C=O) groups is 1. The lowest BCUT2D eigenvalue weighted by Crippen LogP contribution is -2.15. The Morgan fingerprint density at radius 2 is 1.49 bits per heavy atom. The number of aliphatic hydroxyl groups is 1. The standard InChI is InChI=1S/C25H25F3N2O4S/c1-2-35(33,34)22-13-3-17(4-14-22)15-24(32)30-21-11-9-20(10-12-21)29-16-23(31)18-5-7-19(8-6-18)25(26,27)28/h3-14,23,29,31H,2,15-16H2,1H3,(H,30,32). The van der Waals surface area contributed by atoms with Crippen molar-refractivity contribution in [3.05, 3.63) is 89.5 Å². The third-order valence-corrected chi connectivity index (χ3v) is 7.07. The van der Waals surface area contributed by atoms with Crippen LogP contribution < -0.4 is 10.6 Å². The van der Waals surface area contributed by atoms with Crippen LogP contribution in [-0.2, 0) is 27.2 Å². The lowest BCUT2D eigenvalue weighted by Gasteiger charge is -2.15. The van der Waals surface area contributed by atoms with Crippen LogP contribution in [0.4, 0.5) is 24.5 Å². The van der Waals surface area contributed by atoms with Crippen LogP contribution in [0, 0.1) is 0 Å². The number of sulfone groups is 1. The van der Waals surface area contributed by atoms with E-state index < -0.39 is 27.7 Å². The van der Waals surface area contributed by atoms with Crippen molar-refractivity contribution in [2.24, 2.45) is 0 Å². The summed E-state index contributed by atoms with van der Waals surface area (Å²) in [7, 11) is -3.29. The van der Waals surface area contributed by atoms with E-state index >= 15 is 0 Å². The number of halogens is 3. The minimum absolute atomic E-state index is 0.00566. The van der Waals surface area contributed by atoms with Crippen molar-refractivity contribution in [1.82, 2.24) is 0 Å². The highest BCUT2D eigenvalue weighted by Crippen LogP contribution is 2.30. The summed E-state index contributed by atoms with van der Waals surface area (Å²) in [4.78, 5) is 12.5. The van der Waals surface area contributed by atoms with Crippen molar-refractivity contribution in [2.75, 3.05) is 22.9 Å². The number of amides is 1. The Kier molecular flexibility index (Phi) is 8.18. The van der Waals surface area contributed by atoms with Crippen molar-refractivity contribution >= 4 is 27.1 Å². The quantitative estimate of drug-likeness (QED) is 0.387. The fourth-order valence-electron chi connectivity index (χ4n) is 3.27. The maximum absolute atomic E-state index is 12.7. The van der Waals surface area contributed by atoms with Crippen molar-refractivity contribution in [2.45, 2.75) is 30.5 Å². The first-order valence-corrected chi connectivity index (χ1v) is 12.4. The van der Waals surface area contributed by atoms with Gasteiger partial charge in [-0.15, -0.1) is 0 Å². The number of alkyl halides is 3. The smallest absolute Gasteiger partial charge is 0.387 e. The SMILES string of the molecule is CCS(=O)(=O)c1ccc(CC(=O)Nc2ccc(NCC(O)c3ccc(C(F)(F)F)cc3)cc2)cc1. The molecule has 0 spiro atoms. The van der Waals surface area contributed by atoms with E-state index in [1.807, 2.05) is 0 Å². The molecule has 0 aliphatic carbocycles. The summed E-state index contributed by atoms with van der Waals surface area (Å²) in [6.45, 7) is 1.65. The molecule has 3 aromatic carbocycles. The molecule has 0 aliphatic rings. The predicted molar refractivity (Wildman–Crippen MR) is 128 cm³/mol. The van der Waals surface area contributed by atoms with Gasteiger partial charge < -0.3 is 15.7 Å². The lowest BCUT2D eigenvalue weighted by atomic mass is 10.1. The lowest BCUT2D eigenvalue weighted by molar-refractivity contribution is -0.137. The average molecular weight is 507 g/mol. The number of carbonyl (C=O) groups excluding carboxylic acids is 1. The fraction of sp³-hybridized carbons (Fsp3) is 0.240. The van der Waals surface area contributed by atoms with E-state index in [2.05, 4.69) is 10.6 Å². The number of nitrogens with one attached hydrogen (secondary N) is 2. The van der Waals surface area contributed by atoms with E-state index in [0.717, 1.165) is 12.1 Å². The third kappa shape index (κ3) is 7.30. The van der Waals surface area contributed by atoms with Crippen LogP contribution in [-0.4, -0.2) is 31.7 Å². The Balaban J connectivity index is 1.50. The number of aliphatic hydroxyl groups excluding tert-OH is 1. The topological polar surface area (TPSA) is 95.5 Å². The number of hydrogen-bond acceptors (Lipinski definition) is 5. The molecule has 10 heteroatoms. The minimum atomic E-state index is -4.43. The molecular formula is C25H25F3N2O4S. The maximum atomic E-state index is 12.7. The first kappa shape index (κ1) is 26.2. The molecule has 3 N–H and O–H groups in total. The molecule has 0 saturated heterocycles. The van der Waals surface area contributed by atoms with Gasteiger partial charge in [-0.2, -0.15) is 13.2 Å². The Hall–Kier alpha value is -3.37. The van der Waals surface area contributed by atoms with Crippen LogP contribution in [0.15, 0.2) is 77.7 Å². The second-order valence-corrected chi connectivity index (χ2v) is 10.1. The molecule has 0 bridgehead atoms. The molecule has 6 nitrogen and oxygen atoms in total. The summed E-state index contributed by atoms with van der Waals surface area (Å²) in [5.41, 5.74) is 1.46. The van der Waals surface area contributed by atoms with Gasteiger partial charge in [0.25, 0.3) is 0 Å². The second-order valence-electron chi connectivity index (χ2n) is 7.87. The normalized spacial score (nSPS) is 12.7. The molecule has 3 aromatic rings. The highest BCUT2D eigenvalue weighted by atomic mass is 32.2. The van der Waals surface area contributed by atoms with Crippen LogP contribution in [0.1, 0.15) is 29.7 Å². The van der Waals surface area contributed by atoms with Gasteiger partial charge >= 0.3 is 6.18 Å². The molecule has 0 aliphatic heterocycles. The van der Waals surface area contributed by atoms with Crippen LogP contribution in [0.2, 0.25) is 0 Å². The van der Waals surface area contributed by atoms with Crippen LogP contribution in [0.5, 0.6) is 0 Å². The van der Waals surface area contributed by atoms with Crippen molar-refractivity contribution in [3.63, 3.8) is 0 Å². The Labute approximate surface area is 201 Å². The van der Waals surface area contributed by atoms with Gasteiger partial charge in [0.15, 0.2) is 9.84 Å². The Morgan fingerprint density at radius 3 is 2.03 bits per heavy atom. The van der Waals surface area contributed by atoms with E-state index in [-0.39, 0.29) is 29.5 Å². The van der Waals surface area contributed by atoms with Crippen molar-refractivity contribution in [3.8, 4) is 0 Å². The summed E-state index contributed by atoms with van der Waals surface area (Å²) in [6, 6.07) is 17.3. The van der Waals surface area contributed by atoms with E-state index in [0.29, 0.717) is 22.5 Å². The van der Waals surface area contributed by atoms with Crippen molar-refractivity contribution in [1.29, 1.82) is 0 Å². The van der Waals surface area contributed by atoms with Gasteiger partial charge in [-0.3, -0.25) is 4.79 Å². The van der Waals surface area contributed by atoms with E-state index in [9.17, 15) is 31.5 Å². The molecule has 1 atom stereocenters. The van der Waals surface area contributed by atoms with E-state index in [1.165, 1.54) is 24.3 Å². The van der Waals surface area contributed by atoms with Crippen molar-refractivity contribution < 1.29 is 31.5 Å². The third-order valence-electron chi connectivity index (χ3n) is 5.32. The zero-order valence-corrected chi connectivity index (χ0v) is 19.7. The van der Waals surface area contributed by atoms with Gasteiger partial charge in [0.05, 0.1) is 28.7 Å². The number of anilines is 2. The van der Waals surface area contributed by atoms with Gasteiger partial charge in [0.2, 0.25) is 5.91 Å². The van der Waals surface area contributed by atoms with Gasteiger partial charge in [-0.1, -0.05) is 31.2 Å². The number of hydrogen-bond donors (Lipinski definition) is 3. The summed E-state index contributed by atoms with van der Waals surface area (Å²) in [6.07, 6.45) is -5.36. The molecule has 1 amide bonds. The zero-order chi connectivity index (χ0) is 25.6. The molecule has 35 heavy (non-hydrogen) atoms. The number of rotatable bonds is 9. The van der Waals surface area contributed by atoms with Crippen LogP contribution in [0.25, 0.3) is 0 Å². The monoisotopic (exact) mass is 506 g/mol. The largest absolute Gasteiger partial charge is 0.416 e. The highest BCUT2D eigenvalue weighted by molar-refractivity contribution is 7.91. The summed E-state index contributed by atoms with van der Waals surface area (Å²) in [5.74, 6) is -0.263. The molecule has 1 unspecified atom stereocenters. The molecular weight excluding hydrogens is 481 g/mol. The van der Waals surface area contributed by atoms with E-state index in [4.69, 9.17) is 0 Å². The zero-order valence-electron chi connectivity index (χ0n) is 18.8. The number of benzene rings is 3. The van der Waals surface area contributed by atoms with Gasteiger partial charge in [-0.05, 0) is 59.7 Å². The molecule has 0 saturated carbocycles. The Bertz CT molecular complexity index is 1240. The predicted octanol–water partition coefficient (Wildman–Crippen LogP) is 4.83. The molecule has 0 fully saturated rings. The van der Waals surface area contributed by atoms with Crippen LogP contribution in [0.3, 0.4) is 0 Å². The molecule has 0 heterocycles. The highest BCUT2D eigenvalue weighted by Gasteiger charge is 2.30. The minimum Gasteiger partial charge on any atom is -0.387 e. The molecule has 3 rings (SSSR count). The summed E-state index contributed by atoms with van der Waals surface area (Å²) < 4.78 is 61.7. The van der Waals surface area contributed by atoms with Gasteiger partial charge in [-0.25, -0.2) is 8.42 Å². The second kappa shape index (κ2) is 10.9. The Morgan fingerprint density at radius 1 is 0.914 bits per heavy atom. The van der Waals surface area contributed by atoms with Gasteiger partial charge in [0.1, 0.15) is 0 Å². The first-order valence-electron chi connectivity index (χ1n) is 10.8. The maximum Gasteiger partial charge on any atom is 0.416 e. The average Bonchev–Trinajstić information content (AvgIpc) is 2.83. The molecule has 0 aromatic heterocycles. The van der Waals surface area contributed by atoms with Gasteiger partial charge in [0, 0.05) is 17.9 Å².